The summed E-state index contributed by atoms with van der Waals surface area (Å²) in [5.41, 5.74) is 3.96. The topological polar surface area (TPSA) is 78.8 Å². The van der Waals surface area contributed by atoms with Gasteiger partial charge in [-0.15, -0.1) is 0 Å². The van der Waals surface area contributed by atoms with Gasteiger partial charge in [-0.05, 0) is 23.3 Å². The monoisotopic (exact) mass is 423 g/mol. The molecule has 0 aliphatic carbocycles. The Balaban J connectivity index is 1.97. The Kier molecular flexibility index (Phi) is 6.86. The van der Waals surface area contributed by atoms with Gasteiger partial charge >= 0.3 is 0 Å². The Bertz CT molecular complexity index is 854. The van der Waals surface area contributed by atoms with Gasteiger partial charge in [-0.25, -0.2) is 13.8 Å². The van der Waals surface area contributed by atoms with E-state index in [9.17, 15) is 13.2 Å². The summed E-state index contributed by atoms with van der Waals surface area (Å²) in [6, 6.07) is 16.5. The highest BCUT2D eigenvalue weighted by atomic mass is 79.9. The van der Waals surface area contributed by atoms with Gasteiger partial charge in [-0.2, -0.15) is 9.41 Å². The molecule has 0 aromatic heterocycles. The Hall–Kier alpha value is -2.03. The molecule has 1 amide bonds. The number of nitrogens with one attached hydrogen (secondary N) is 1. The second kappa shape index (κ2) is 8.89. The summed E-state index contributed by atoms with van der Waals surface area (Å²) in [5.74, 6) is -0.507. The fraction of sp³-hybridized carbons (Fsp3) is 0.176. The zero-order chi connectivity index (χ0) is 18.3. The van der Waals surface area contributed by atoms with Crippen LogP contribution < -0.4 is 5.43 Å². The molecule has 0 aliphatic heterocycles. The molecule has 0 atom stereocenters. The largest absolute Gasteiger partial charge is 0.272 e. The third-order valence-electron chi connectivity index (χ3n) is 3.24. The number of hydrogen-bond donors (Lipinski definition) is 1. The third-order valence-corrected chi connectivity index (χ3v) is 4.93. The number of benzene rings is 2. The smallest absolute Gasteiger partial charge is 0.255 e. The number of rotatable bonds is 7. The number of carbonyl (C=O) groups excluding carboxylic acids is 1. The van der Waals surface area contributed by atoms with Crippen molar-refractivity contribution in [2.45, 2.75) is 6.54 Å². The van der Waals surface area contributed by atoms with Gasteiger partial charge < -0.3 is 0 Å². The van der Waals surface area contributed by atoms with E-state index in [2.05, 4.69) is 26.5 Å². The van der Waals surface area contributed by atoms with Crippen LogP contribution in [0.25, 0.3) is 0 Å². The van der Waals surface area contributed by atoms with Crippen molar-refractivity contribution in [1.29, 1.82) is 0 Å². The lowest BCUT2D eigenvalue weighted by Gasteiger charge is -2.18. The molecule has 25 heavy (non-hydrogen) atoms. The van der Waals surface area contributed by atoms with Crippen molar-refractivity contribution in [3.63, 3.8) is 0 Å². The van der Waals surface area contributed by atoms with Gasteiger partial charge in [0.25, 0.3) is 5.91 Å². The zero-order valence-corrected chi connectivity index (χ0v) is 16.0. The molecule has 0 saturated carbocycles. The highest BCUT2D eigenvalue weighted by molar-refractivity contribution is 9.10. The molecule has 0 unspecified atom stereocenters. The first-order chi connectivity index (χ1) is 11.8. The highest BCUT2D eigenvalue weighted by Gasteiger charge is 2.20. The average molecular weight is 424 g/mol. The fourth-order valence-electron chi connectivity index (χ4n) is 2.04. The molecule has 6 nitrogen and oxygen atoms in total. The molecule has 8 heteroatoms. The van der Waals surface area contributed by atoms with Crippen LogP contribution in [0.2, 0.25) is 0 Å². The maximum Gasteiger partial charge on any atom is 0.255 e. The van der Waals surface area contributed by atoms with Gasteiger partial charge in [-0.1, -0.05) is 58.4 Å². The van der Waals surface area contributed by atoms with Crippen molar-refractivity contribution in [2.24, 2.45) is 5.10 Å². The van der Waals surface area contributed by atoms with Crippen LogP contribution in [0.5, 0.6) is 0 Å². The quantitative estimate of drug-likeness (QED) is 0.548. The fourth-order valence-corrected chi connectivity index (χ4v) is 3.19. The zero-order valence-electron chi connectivity index (χ0n) is 13.6. The van der Waals surface area contributed by atoms with E-state index in [1.165, 1.54) is 6.21 Å². The average Bonchev–Trinajstić information content (AvgIpc) is 2.54. The first-order valence-corrected chi connectivity index (χ1v) is 10.1. The van der Waals surface area contributed by atoms with E-state index < -0.39 is 15.9 Å². The summed E-state index contributed by atoms with van der Waals surface area (Å²) >= 11 is 3.35. The van der Waals surface area contributed by atoms with Crippen LogP contribution in [0, 0.1) is 0 Å². The Labute approximate surface area is 155 Å². The van der Waals surface area contributed by atoms with Gasteiger partial charge in [0.2, 0.25) is 10.0 Å². The van der Waals surface area contributed by atoms with Crippen molar-refractivity contribution in [3.05, 3.63) is 70.2 Å². The minimum atomic E-state index is -3.53. The Morgan fingerprint density at radius 2 is 1.92 bits per heavy atom. The minimum Gasteiger partial charge on any atom is -0.272 e. The van der Waals surface area contributed by atoms with Gasteiger partial charge in [0.1, 0.15) is 0 Å². The standard InChI is InChI=1S/C17H18BrN3O3S/c1-25(23,24)21(12-14-6-3-2-4-7-14)13-17(22)20-19-11-15-8-5-9-16(18)10-15/h2-11H,12-13H2,1H3,(H,20,22)/b19-11-. The molecule has 0 spiro atoms. The van der Waals surface area contributed by atoms with Crippen molar-refractivity contribution in [1.82, 2.24) is 9.73 Å². The second-order valence-corrected chi connectivity index (χ2v) is 8.26. The van der Waals surface area contributed by atoms with Crippen LogP contribution in [-0.2, 0) is 21.4 Å². The molecule has 0 aliphatic rings. The lowest BCUT2D eigenvalue weighted by molar-refractivity contribution is -0.121. The van der Waals surface area contributed by atoms with Gasteiger partial charge in [0.05, 0.1) is 19.0 Å². The van der Waals surface area contributed by atoms with E-state index in [1.807, 2.05) is 54.6 Å². The lowest BCUT2D eigenvalue weighted by Crippen LogP contribution is -2.38. The summed E-state index contributed by atoms with van der Waals surface area (Å²) in [4.78, 5) is 12.0. The number of nitrogens with zero attached hydrogens (tertiary/aromatic N) is 2. The summed E-state index contributed by atoms with van der Waals surface area (Å²) < 4.78 is 25.8. The van der Waals surface area contributed by atoms with E-state index in [0.717, 1.165) is 26.2 Å². The molecule has 0 bridgehead atoms. The number of halogens is 1. The maximum atomic E-state index is 12.0. The van der Waals surface area contributed by atoms with Crippen LogP contribution in [0.1, 0.15) is 11.1 Å². The molecular formula is C17H18BrN3O3S. The van der Waals surface area contributed by atoms with E-state index in [0.29, 0.717) is 0 Å². The van der Waals surface area contributed by atoms with E-state index in [-0.39, 0.29) is 13.1 Å². The molecule has 132 valence electrons. The third kappa shape index (κ3) is 6.77. The summed E-state index contributed by atoms with van der Waals surface area (Å²) in [6.07, 6.45) is 2.57. The maximum absolute atomic E-state index is 12.0. The van der Waals surface area contributed by atoms with Crippen molar-refractivity contribution >= 4 is 38.1 Å². The molecule has 2 aromatic carbocycles. The predicted molar refractivity (Wildman–Crippen MR) is 102 cm³/mol. The van der Waals surface area contributed by atoms with Crippen LogP contribution in [0.3, 0.4) is 0 Å². The highest BCUT2D eigenvalue weighted by Crippen LogP contribution is 2.10. The number of amides is 1. The second-order valence-electron chi connectivity index (χ2n) is 5.36. The molecule has 0 fully saturated rings. The van der Waals surface area contributed by atoms with Crippen LogP contribution >= 0.6 is 15.9 Å². The van der Waals surface area contributed by atoms with Gasteiger partial charge in [0, 0.05) is 11.0 Å². The normalized spacial score (nSPS) is 11.8. The van der Waals surface area contributed by atoms with E-state index in [4.69, 9.17) is 0 Å². The number of hydrogen-bond acceptors (Lipinski definition) is 4. The Morgan fingerprint density at radius 1 is 1.20 bits per heavy atom. The molecule has 1 N–H and O–H groups in total. The first kappa shape index (κ1) is 19.3. The van der Waals surface area contributed by atoms with Crippen LogP contribution in [0.4, 0.5) is 0 Å². The van der Waals surface area contributed by atoms with Crippen molar-refractivity contribution < 1.29 is 13.2 Å². The van der Waals surface area contributed by atoms with E-state index >= 15 is 0 Å². The van der Waals surface area contributed by atoms with E-state index in [1.54, 1.807) is 0 Å². The van der Waals surface area contributed by atoms with Gasteiger partial charge in [0.15, 0.2) is 0 Å². The Morgan fingerprint density at radius 3 is 2.56 bits per heavy atom. The van der Waals surface area contributed by atoms with Crippen molar-refractivity contribution in [3.8, 4) is 0 Å². The number of sulfonamides is 1. The van der Waals surface area contributed by atoms with Crippen molar-refractivity contribution in [2.75, 3.05) is 12.8 Å². The summed E-state index contributed by atoms with van der Waals surface area (Å²) in [5, 5.41) is 3.86. The number of carbonyl (C=O) groups is 1. The molecule has 2 rings (SSSR count). The predicted octanol–water partition coefficient (Wildman–Crippen LogP) is 2.36. The van der Waals surface area contributed by atoms with Crippen LogP contribution in [0.15, 0.2) is 64.2 Å². The lowest BCUT2D eigenvalue weighted by atomic mass is 10.2. The summed E-state index contributed by atoms with van der Waals surface area (Å²) in [7, 11) is -3.53. The minimum absolute atomic E-state index is 0.127. The first-order valence-electron chi connectivity index (χ1n) is 7.41. The van der Waals surface area contributed by atoms with Gasteiger partial charge in [-0.3, -0.25) is 4.79 Å². The molecule has 0 heterocycles. The molecule has 0 radical (unpaired) electrons. The molecule has 0 saturated heterocycles. The number of hydrazone groups is 1. The van der Waals surface area contributed by atoms with Crippen LogP contribution in [-0.4, -0.2) is 37.6 Å². The molecular weight excluding hydrogens is 406 g/mol. The summed E-state index contributed by atoms with van der Waals surface area (Å²) in [6.45, 7) is -0.175. The molecule has 2 aromatic rings. The SMILES string of the molecule is CS(=O)(=O)N(CC(=O)N/N=C\c1cccc(Br)c1)Cc1ccccc1.